The lowest BCUT2D eigenvalue weighted by Crippen LogP contribution is -2.58. The van der Waals surface area contributed by atoms with Gasteiger partial charge in [0.05, 0.1) is 11.2 Å². The molecule has 9 heteroatoms. The van der Waals surface area contributed by atoms with Crippen LogP contribution >= 0.6 is 11.6 Å². The number of nitrogens with zero attached hydrogens (tertiary/aromatic N) is 4. The lowest BCUT2D eigenvalue weighted by Gasteiger charge is -2.42. The van der Waals surface area contributed by atoms with E-state index in [-0.39, 0.29) is 17.3 Å². The van der Waals surface area contributed by atoms with Crippen LogP contribution in [0.5, 0.6) is 0 Å². The lowest BCUT2D eigenvalue weighted by molar-refractivity contribution is -0.140. The van der Waals surface area contributed by atoms with Crippen molar-refractivity contribution < 1.29 is 13.2 Å². The van der Waals surface area contributed by atoms with E-state index in [1.165, 1.54) is 21.3 Å². The van der Waals surface area contributed by atoms with Gasteiger partial charge in [0.2, 0.25) is 15.9 Å². The maximum Gasteiger partial charge on any atom is 0.249 e. The third-order valence-corrected chi connectivity index (χ3v) is 6.80. The van der Waals surface area contributed by atoms with Crippen LogP contribution in [0.25, 0.3) is 0 Å². The standard InChI is InChI=1S/C17H21ClN4O3S/c1-20(2)16(23)17(21-11-9-19-13-21)8-3-10-22(12-17)26(24,25)15-6-4-14(18)5-7-15/h4-7,9,11,13H,3,8,10,12H2,1-2H3. The zero-order valence-electron chi connectivity index (χ0n) is 14.7. The number of imidazole rings is 1. The van der Waals surface area contributed by atoms with Gasteiger partial charge in [0, 0.05) is 44.6 Å². The molecule has 0 radical (unpaired) electrons. The first kappa shape index (κ1) is 18.9. The van der Waals surface area contributed by atoms with Gasteiger partial charge in [-0.3, -0.25) is 4.79 Å². The summed E-state index contributed by atoms with van der Waals surface area (Å²) in [7, 11) is -0.381. The van der Waals surface area contributed by atoms with Crippen LogP contribution in [0.4, 0.5) is 0 Å². The van der Waals surface area contributed by atoms with E-state index < -0.39 is 15.6 Å². The zero-order chi connectivity index (χ0) is 18.9. The third kappa shape index (κ3) is 3.24. The fourth-order valence-corrected chi connectivity index (χ4v) is 5.04. The Labute approximate surface area is 158 Å². The minimum atomic E-state index is -3.73. The van der Waals surface area contributed by atoms with Crippen LogP contribution in [0.1, 0.15) is 12.8 Å². The summed E-state index contributed by atoms with van der Waals surface area (Å²) in [5.41, 5.74) is -1.00. The molecule has 0 bridgehead atoms. The fourth-order valence-electron chi connectivity index (χ4n) is 3.38. The number of carbonyl (C=O) groups is 1. The van der Waals surface area contributed by atoms with E-state index in [1.807, 2.05) is 0 Å². The molecule has 1 aliphatic rings. The Hall–Kier alpha value is -1.90. The number of likely N-dealkylation sites (N-methyl/N-ethyl adjacent to an activating group) is 1. The van der Waals surface area contributed by atoms with Crippen molar-refractivity contribution in [3.05, 3.63) is 48.0 Å². The van der Waals surface area contributed by atoms with E-state index in [9.17, 15) is 13.2 Å². The largest absolute Gasteiger partial charge is 0.347 e. The van der Waals surface area contributed by atoms with E-state index >= 15 is 0 Å². The normalized spacial score (nSPS) is 21.5. The van der Waals surface area contributed by atoms with Crippen molar-refractivity contribution in [1.82, 2.24) is 18.8 Å². The molecule has 1 atom stereocenters. The zero-order valence-corrected chi connectivity index (χ0v) is 16.2. The summed E-state index contributed by atoms with van der Waals surface area (Å²) in [4.78, 5) is 18.7. The van der Waals surface area contributed by atoms with Crippen LogP contribution < -0.4 is 0 Å². The molecule has 1 fully saturated rings. The number of rotatable bonds is 4. The molecule has 3 rings (SSSR count). The van der Waals surface area contributed by atoms with Gasteiger partial charge < -0.3 is 9.47 Å². The molecule has 1 unspecified atom stereocenters. The second-order valence-corrected chi connectivity index (χ2v) is 8.97. The Morgan fingerprint density at radius 2 is 1.96 bits per heavy atom. The van der Waals surface area contributed by atoms with Crippen molar-refractivity contribution in [3.63, 3.8) is 0 Å². The summed E-state index contributed by atoms with van der Waals surface area (Å²) in [6.45, 7) is 0.424. The average Bonchev–Trinajstić information content (AvgIpc) is 3.16. The molecule has 2 heterocycles. The van der Waals surface area contributed by atoms with Gasteiger partial charge in [-0.25, -0.2) is 13.4 Å². The molecule has 1 amide bonds. The predicted molar refractivity (Wildman–Crippen MR) is 98.3 cm³/mol. The van der Waals surface area contributed by atoms with Crippen molar-refractivity contribution in [1.29, 1.82) is 0 Å². The third-order valence-electron chi connectivity index (χ3n) is 4.69. The van der Waals surface area contributed by atoms with Gasteiger partial charge in [-0.15, -0.1) is 0 Å². The highest BCUT2D eigenvalue weighted by Gasteiger charge is 2.47. The topological polar surface area (TPSA) is 75.5 Å². The van der Waals surface area contributed by atoms with E-state index in [2.05, 4.69) is 4.98 Å². The van der Waals surface area contributed by atoms with E-state index in [0.29, 0.717) is 24.4 Å². The Kier molecular flexibility index (Phi) is 5.09. The summed E-state index contributed by atoms with van der Waals surface area (Å²) >= 11 is 5.87. The molecule has 0 N–H and O–H groups in total. The van der Waals surface area contributed by atoms with E-state index in [0.717, 1.165) is 0 Å². The predicted octanol–water partition coefficient (Wildman–Crippen LogP) is 1.80. The summed E-state index contributed by atoms with van der Waals surface area (Å²) in [6.07, 6.45) is 5.99. The lowest BCUT2D eigenvalue weighted by atomic mass is 9.88. The highest BCUT2D eigenvalue weighted by atomic mass is 35.5. The summed E-state index contributed by atoms with van der Waals surface area (Å²) in [6, 6.07) is 6.07. The molecule has 0 saturated carbocycles. The highest BCUT2D eigenvalue weighted by molar-refractivity contribution is 7.89. The first-order chi connectivity index (χ1) is 12.3. The molecular weight excluding hydrogens is 376 g/mol. The van der Waals surface area contributed by atoms with Gasteiger partial charge in [-0.05, 0) is 37.1 Å². The first-order valence-corrected chi connectivity index (χ1v) is 10.0. The second-order valence-electron chi connectivity index (χ2n) is 6.60. The minimum absolute atomic E-state index is 0.0608. The molecule has 0 spiro atoms. The quantitative estimate of drug-likeness (QED) is 0.789. The SMILES string of the molecule is CN(C)C(=O)C1(n2ccnc2)CCCN(S(=O)(=O)c2ccc(Cl)cc2)C1. The van der Waals surface area contributed by atoms with Crippen molar-refractivity contribution in [2.24, 2.45) is 0 Å². The van der Waals surface area contributed by atoms with Gasteiger partial charge >= 0.3 is 0 Å². The molecule has 1 aromatic heterocycles. The first-order valence-electron chi connectivity index (χ1n) is 8.23. The maximum absolute atomic E-state index is 13.1. The maximum atomic E-state index is 13.1. The molecule has 140 valence electrons. The highest BCUT2D eigenvalue weighted by Crippen LogP contribution is 2.33. The van der Waals surface area contributed by atoms with Crippen molar-refractivity contribution in [2.45, 2.75) is 23.3 Å². The van der Waals surface area contributed by atoms with Crippen LogP contribution in [-0.2, 0) is 20.4 Å². The van der Waals surface area contributed by atoms with Gasteiger partial charge in [0.25, 0.3) is 0 Å². The van der Waals surface area contributed by atoms with Gasteiger partial charge in [-0.1, -0.05) is 11.6 Å². The Morgan fingerprint density at radius 3 is 2.54 bits per heavy atom. The number of carbonyl (C=O) groups excluding carboxylic acids is 1. The van der Waals surface area contributed by atoms with E-state index in [4.69, 9.17) is 11.6 Å². The second kappa shape index (κ2) is 7.02. The number of piperidine rings is 1. The smallest absolute Gasteiger partial charge is 0.249 e. The number of benzene rings is 1. The molecular formula is C17H21ClN4O3S. The van der Waals surface area contributed by atoms with Gasteiger partial charge in [0.15, 0.2) is 0 Å². The number of sulfonamides is 1. The van der Waals surface area contributed by atoms with Crippen molar-refractivity contribution >= 4 is 27.5 Å². The van der Waals surface area contributed by atoms with Gasteiger partial charge in [-0.2, -0.15) is 4.31 Å². The van der Waals surface area contributed by atoms with Gasteiger partial charge in [0.1, 0.15) is 5.54 Å². The number of hydrogen-bond acceptors (Lipinski definition) is 4. The average molecular weight is 397 g/mol. The van der Waals surface area contributed by atoms with Crippen LogP contribution in [-0.4, -0.2) is 60.3 Å². The van der Waals surface area contributed by atoms with Crippen molar-refractivity contribution in [3.8, 4) is 0 Å². The minimum Gasteiger partial charge on any atom is -0.347 e. The molecule has 1 saturated heterocycles. The number of hydrogen-bond donors (Lipinski definition) is 0. The van der Waals surface area contributed by atoms with E-state index in [1.54, 1.807) is 49.5 Å². The van der Waals surface area contributed by atoms with Crippen LogP contribution in [0.3, 0.4) is 0 Å². The molecule has 26 heavy (non-hydrogen) atoms. The fraction of sp³-hybridized carbons (Fsp3) is 0.412. The summed E-state index contributed by atoms with van der Waals surface area (Å²) < 4.78 is 29.3. The Balaban J connectivity index is 2.01. The molecule has 1 aromatic carbocycles. The van der Waals surface area contributed by atoms with Crippen LogP contribution in [0.2, 0.25) is 5.02 Å². The number of aromatic nitrogens is 2. The summed E-state index contributed by atoms with van der Waals surface area (Å²) in [5.74, 6) is -0.147. The summed E-state index contributed by atoms with van der Waals surface area (Å²) in [5, 5.41) is 0.471. The van der Waals surface area contributed by atoms with Crippen LogP contribution in [0.15, 0.2) is 47.9 Å². The molecule has 7 nitrogen and oxygen atoms in total. The van der Waals surface area contributed by atoms with Crippen LogP contribution in [0, 0.1) is 0 Å². The number of amides is 1. The monoisotopic (exact) mass is 396 g/mol. The molecule has 0 aliphatic carbocycles. The Morgan fingerprint density at radius 1 is 1.27 bits per heavy atom. The Bertz CT molecular complexity index is 881. The molecule has 1 aliphatic heterocycles. The number of halogens is 1. The molecule has 2 aromatic rings. The van der Waals surface area contributed by atoms with Crippen molar-refractivity contribution in [2.75, 3.05) is 27.2 Å².